The number of pyridine rings is 1. The zero-order chi connectivity index (χ0) is 18.3. The molecule has 2 N–H and O–H groups in total. The van der Waals surface area contributed by atoms with Gasteiger partial charge in [0.05, 0.1) is 10.9 Å². The van der Waals surface area contributed by atoms with E-state index in [0.717, 1.165) is 35.8 Å². The van der Waals surface area contributed by atoms with Crippen molar-refractivity contribution in [1.82, 2.24) is 10.3 Å². The van der Waals surface area contributed by atoms with Crippen LogP contribution in [0.4, 0.5) is 5.82 Å². The summed E-state index contributed by atoms with van der Waals surface area (Å²) in [4.78, 5) is 16.8. The summed E-state index contributed by atoms with van der Waals surface area (Å²) < 4.78 is 7.22. The molecule has 7 heteroatoms. The molecule has 0 aromatic carbocycles. The predicted octanol–water partition coefficient (Wildman–Crippen LogP) is 4.04. The molecule has 4 rings (SSSR count). The van der Waals surface area contributed by atoms with Crippen molar-refractivity contribution in [3.63, 3.8) is 0 Å². The topological polar surface area (TPSA) is 63.2 Å². The van der Waals surface area contributed by atoms with Crippen molar-refractivity contribution in [2.24, 2.45) is 0 Å². The number of hydrogen-bond acceptors (Lipinski definition) is 5. The summed E-state index contributed by atoms with van der Waals surface area (Å²) in [6.07, 6.45) is 4.55. The maximum Gasteiger partial charge on any atom is 0.222 e. The lowest BCUT2D eigenvalue weighted by Crippen LogP contribution is -2.49. The number of piperidine rings is 1. The SMILES string of the molecule is CC(=O)Nc1ccc(C2CC3(CC(C)N2)OCCc2cc(Cl)sc23)cn1. The van der Waals surface area contributed by atoms with Crippen LogP contribution in [-0.2, 0) is 21.6 Å². The van der Waals surface area contributed by atoms with E-state index in [1.807, 2.05) is 18.3 Å². The second kappa shape index (κ2) is 6.93. The monoisotopic (exact) mass is 391 g/mol. The van der Waals surface area contributed by atoms with E-state index in [0.29, 0.717) is 11.9 Å². The second-order valence-electron chi connectivity index (χ2n) is 7.18. The van der Waals surface area contributed by atoms with Gasteiger partial charge in [-0.05, 0) is 43.0 Å². The van der Waals surface area contributed by atoms with E-state index in [1.54, 1.807) is 11.3 Å². The van der Waals surface area contributed by atoms with Crippen molar-refractivity contribution < 1.29 is 9.53 Å². The Hall–Kier alpha value is -1.47. The van der Waals surface area contributed by atoms with Gasteiger partial charge < -0.3 is 15.4 Å². The minimum atomic E-state index is -0.281. The van der Waals surface area contributed by atoms with Gasteiger partial charge >= 0.3 is 0 Å². The Labute approximate surface area is 162 Å². The number of carbonyl (C=O) groups excluding carboxylic acids is 1. The molecule has 0 bridgehead atoms. The fourth-order valence-corrected chi connectivity index (χ4v) is 5.60. The lowest BCUT2D eigenvalue weighted by molar-refractivity contribution is -0.114. The maximum atomic E-state index is 11.2. The molecule has 0 radical (unpaired) electrons. The standard InChI is InChI=1S/C19H22ClN3O2S/c1-11-8-19(18-13(5-6-25-19)7-16(20)26-18)9-15(22-11)14-3-4-17(21-10-14)23-12(2)24/h3-4,7,10-11,15,22H,5-6,8-9H2,1-2H3,(H,21,23,24). The minimum Gasteiger partial charge on any atom is -0.369 e. The van der Waals surface area contributed by atoms with E-state index < -0.39 is 0 Å². The number of carbonyl (C=O) groups is 1. The first-order valence-corrected chi connectivity index (χ1v) is 10.1. The first-order chi connectivity index (χ1) is 12.4. The fourth-order valence-electron chi connectivity index (χ4n) is 4.14. The largest absolute Gasteiger partial charge is 0.369 e. The molecule has 0 saturated carbocycles. The lowest BCUT2D eigenvalue weighted by atomic mass is 9.78. The summed E-state index contributed by atoms with van der Waals surface area (Å²) in [5.74, 6) is 0.451. The Balaban J connectivity index is 1.62. The number of thiophene rings is 1. The van der Waals surface area contributed by atoms with Crippen LogP contribution in [0.5, 0.6) is 0 Å². The number of aromatic nitrogens is 1. The smallest absolute Gasteiger partial charge is 0.222 e. The molecule has 5 nitrogen and oxygen atoms in total. The van der Waals surface area contributed by atoms with Gasteiger partial charge in [-0.3, -0.25) is 4.79 Å². The van der Waals surface area contributed by atoms with Gasteiger partial charge in [-0.2, -0.15) is 0 Å². The summed E-state index contributed by atoms with van der Waals surface area (Å²) in [6, 6.07) is 6.42. The zero-order valence-corrected chi connectivity index (χ0v) is 16.4. The van der Waals surface area contributed by atoms with Gasteiger partial charge in [-0.25, -0.2) is 4.98 Å². The van der Waals surface area contributed by atoms with Gasteiger partial charge in [0.15, 0.2) is 0 Å². The quantitative estimate of drug-likeness (QED) is 0.811. The van der Waals surface area contributed by atoms with Crippen molar-refractivity contribution in [3.8, 4) is 0 Å². The van der Waals surface area contributed by atoms with E-state index in [-0.39, 0.29) is 17.6 Å². The van der Waals surface area contributed by atoms with Crippen LogP contribution in [0.2, 0.25) is 4.34 Å². The molecule has 2 aromatic heterocycles. The zero-order valence-electron chi connectivity index (χ0n) is 14.8. The second-order valence-corrected chi connectivity index (χ2v) is 8.87. The number of nitrogens with one attached hydrogen (secondary N) is 2. The Bertz CT molecular complexity index is 823. The molecule has 3 atom stereocenters. The van der Waals surface area contributed by atoms with Gasteiger partial charge in [-0.15, -0.1) is 11.3 Å². The predicted molar refractivity (Wildman–Crippen MR) is 104 cm³/mol. The number of rotatable bonds is 2. The van der Waals surface area contributed by atoms with Gasteiger partial charge in [-0.1, -0.05) is 17.7 Å². The Morgan fingerprint density at radius 3 is 3.04 bits per heavy atom. The van der Waals surface area contributed by atoms with Crippen molar-refractivity contribution in [1.29, 1.82) is 0 Å². The number of amides is 1. The van der Waals surface area contributed by atoms with Crippen LogP contribution in [-0.4, -0.2) is 23.5 Å². The number of halogens is 1. The molecule has 138 valence electrons. The average Bonchev–Trinajstić information content (AvgIpc) is 2.97. The molecule has 26 heavy (non-hydrogen) atoms. The average molecular weight is 392 g/mol. The van der Waals surface area contributed by atoms with Crippen LogP contribution in [0, 0.1) is 0 Å². The molecular formula is C19H22ClN3O2S. The minimum absolute atomic E-state index is 0.119. The number of fused-ring (bicyclic) bond motifs is 2. The highest BCUT2D eigenvalue weighted by Crippen LogP contribution is 2.49. The lowest BCUT2D eigenvalue weighted by Gasteiger charge is -2.46. The molecule has 2 aromatic rings. The summed E-state index contributed by atoms with van der Waals surface area (Å²) in [7, 11) is 0. The van der Waals surface area contributed by atoms with E-state index in [4.69, 9.17) is 16.3 Å². The van der Waals surface area contributed by atoms with Crippen molar-refractivity contribution in [2.45, 2.75) is 50.8 Å². The first kappa shape index (κ1) is 17.9. The highest BCUT2D eigenvalue weighted by molar-refractivity contribution is 7.16. The van der Waals surface area contributed by atoms with Gasteiger partial charge in [0.25, 0.3) is 0 Å². The third kappa shape index (κ3) is 3.39. The molecular weight excluding hydrogens is 370 g/mol. The van der Waals surface area contributed by atoms with E-state index >= 15 is 0 Å². The van der Waals surface area contributed by atoms with Crippen LogP contribution < -0.4 is 10.6 Å². The highest BCUT2D eigenvalue weighted by atomic mass is 35.5. The molecule has 1 spiro atoms. The van der Waals surface area contributed by atoms with E-state index in [1.165, 1.54) is 17.4 Å². The number of nitrogens with zero attached hydrogens (tertiary/aromatic N) is 1. The van der Waals surface area contributed by atoms with Gasteiger partial charge in [0, 0.05) is 36.5 Å². The summed E-state index contributed by atoms with van der Waals surface area (Å²) in [5, 5.41) is 6.37. The van der Waals surface area contributed by atoms with Crippen molar-refractivity contribution >= 4 is 34.7 Å². The van der Waals surface area contributed by atoms with Crippen LogP contribution in [0.15, 0.2) is 24.4 Å². The normalized spacial score (nSPS) is 28.0. The van der Waals surface area contributed by atoms with Crippen LogP contribution in [0.3, 0.4) is 0 Å². The Morgan fingerprint density at radius 1 is 1.46 bits per heavy atom. The number of anilines is 1. The molecule has 1 amide bonds. The first-order valence-electron chi connectivity index (χ1n) is 8.87. The molecule has 3 unspecified atom stereocenters. The van der Waals surface area contributed by atoms with Gasteiger partial charge in [0.1, 0.15) is 11.4 Å². The molecule has 2 aliphatic rings. The summed E-state index contributed by atoms with van der Waals surface area (Å²) >= 11 is 7.96. The van der Waals surface area contributed by atoms with Crippen molar-refractivity contribution in [2.75, 3.05) is 11.9 Å². The Morgan fingerprint density at radius 2 is 2.31 bits per heavy atom. The maximum absolute atomic E-state index is 11.2. The fraction of sp³-hybridized carbons (Fsp3) is 0.474. The van der Waals surface area contributed by atoms with E-state index in [2.05, 4.69) is 28.6 Å². The van der Waals surface area contributed by atoms with Crippen LogP contribution in [0.1, 0.15) is 48.7 Å². The third-order valence-electron chi connectivity index (χ3n) is 5.09. The Kier molecular flexibility index (Phi) is 4.77. The molecule has 1 saturated heterocycles. The highest BCUT2D eigenvalue weighted by Gasteiger charge is 2.46. The third-order valence-corrected chi connectivity index (χ3v) is 6.58. The number of hydrogen-bond donors (Lipinski definition) is 2. The molecule has 1 fully saturated rings. The molecule has 4 heterocycles. The van der Waals surface area contributed by atoms with E-state index in [9.17, 15) is 4.79 Å². The molecule has 0 aliphatic carbocycles. The van der Waals surface area contributed by atoms with Crippen LogP contribution >= 0.6 is 22.9 Å². The summed E-state index contributed by atoms with van der Waals surface area (Å²) in [6.45, 7) is 4.41. The number of ether oxygens (including phenoxy) is 1. The van der Waals surface area contributed by atoms with Crippen molar-refractivity contribution in [3.05, 3.63) is 44.7 Å². The van der Waals surface area contributed by atoms with Crippen LogP contribution in [0.25, 0.3) is 0 Å². The summed E-state index contributed by atoms with van der Waals surface area (Å²) in [5.41, 5.74) is 2.15. The van der Waals surface area contributed by atoms with Gasteiger partial charge in [0.2, 0.25) is 5.91 Å². The molecule has 2 aliphatic heterocycles.